The highest BCUT2D eigenvalue weighted by molar-refractivity contribution is 5.85. The van der Waals surface area contributed by atoms with E-state index in [1.54, 1.807) is 0 Å². The lowest BCUT2D eigenvalue weighted by atomic mass is 9.98. The molecule has 0 amide bonds. The van der Waals surface area contributed by atoms with E-state index in [0.717, 1.165) is 20.0 Å². The van der Waals surface area contributed by atoms with Crippen LogP contribution in [0.1, 0.15) is 33.3 Å². The van der Waals surface area contributed by atoms with Crippen LogP contribution in [0.4, 0.5) is 0 Å². The molecule has 1 N–H and O–H groups in total. The van der Waals surface area contributed by atoms with Crippen molar-refractivity contribution in [3.05, 3.63) is 60.2 Å². The molecular formula is C23H29NO2. The second-order valence-electron chi connectivity index (χ2n) is 7.28. The van der Waals surface area contributed by atoms with Gasteiger partial charge in [0.1, 0.15) is 0 Å². The molecule has 0 saturated heterocycles. The summed E-state index contributed by atoms with van der Waals surface area (Å²) >= 11 is 0. The third kappa shape index (κ3) is 9.05. The molecule has 0 aliphatic rings. The zero-order valence-electron chi connectivity index (χ0n) is 16.4. The Balaban J connectivity index is 0.000000765. The number of hydrogen-bond acceptors (Lipinski definition) is 2. The van der Waals surface area contributed by atoms with Gasteiger partial charge in [-0.15, -0.1) is 0 Å². The monoisotopic (exact) mass is 351 g/mol. The van der Waals surface area contributed by atoms with Crippen molar-refractivity contribution in [1.29, 1.82) is 0 Å². The molecule has 0 atom stereocenters. The van der Waals surface area contributed by atoms with E-state index in [1.807, 2.05) is 6.08 Å². The molecule has 26 heavy (non-hydrogen) atoms. The second kappa shape index (κ2) is 10.4. The molecule has 2 aromatic carbocycles. The van der Waals surface area contributed by atoms with Crippen molar-refractivity contribution in [2.45, 2.75) is 34.2 Å². The number of carboxylic acid groups (broad SMARTS) is 1. The number of hydrogen-bond donors (Lipinski definition) is 1. The smallest absolute Gasteiger partial charge is 0.300 e. The molecule has 0 aliphatic carbocycles. The lowest BCUT2D eigenvalue weighted by Crippen LogP contribution is -2.17. The van der Waals surface area contributed by atoms with Gasteiger partial charge in [0.05, 0.1) is 0 Å². The van der Waals surface area contributed by atoms with E-state index in [0.29, 0.717) is 0 Å². The van der Waals surface area contributed by atoms with Gasteiger partial charge in [0.25, 0.3) is 5.97 Å². The predicted octanol–water partition coefficient (Wildman–Crippen LogP) is 4.97. The van der Waals surface area contributed by atoms with Crippen molar-refractivity contribution >= 4 is 16.7 Å². The van der Waals surface area contributed by atoms with Crippen molar-refractivity contribution in [2.75, 3.05) is 13.6 Å². The fraction of sp³-hybridized carbons (Fsp3) is 0.348. The fourth-order valence-electron chi connectivity index (χ4n) is 2.34. The molecular weight excluding hydrogens is 322 g/mol. The summed E-state index contributed by atoms with van der Waals surface area (Å²) in [6.07, 6.45) is 4.09. The molecule has 0 aromatic heterocycles. The van der Waals surface area contributed by atoms with Crippen LogP contribution in [0.2, 0.25) is 0 Å². The second-order valence-corrected chi connectivity index (χ2v) is 7.28. The first-order valence-corrected chi connectivity index (χ1v) is 8.71. The zero-order chi connectivity index (χ0) is 19.6. The van der Waals surface area contributed by atoms with Crippen LogP contribution in [0.5, 0.6) is 0 Å². The van der Waals surface area contributed by atoms with Gasteiger partial charge in [0.15, 0.2) is 0 Å². The fourth-order valence-corrected chi connectivity index (χ4v) is 2.34. The van der Waals surface area contributed by atoms with E-state index in [4.69, 9.17) is 9.90 Å². The topological polar surface area (TPSA) is 40.5 Å². The molecule has 0 radical (unpaired) electrons. The Morgan fingerprint density at radius 1 is 1.15 bits per heavy atom. The number of carboxylic acids is 1. The quantitative estimate of drug-likeness (QED) is 0.791. The summed E-state index contributed by atoms with van der Waals surface area (Å²) in [4.78, 5) is 11.3. The normalized spacial score (nSPS) is 11.0. The van der Waals surface area contributed by atoms with Gasteiger partial charge in [-0.25, -0.2) is 0 Å². The van der Waals surface area contributed by atoms with Gasteiger partial charge in [-0.2, -0.15) is 0 Å². The summed E-state index contributed by atoms with van der Waals surface area (Å²) in [5, 5.41) is 10.1. The molecule has 3 nitrogen and oxygen atoms in total. The van der Waals surface area contributed by atoms with Crippen LogP contribution in [0, 0.1) is 17.3 Å². The Labute approximate surface area is 157 Å². The summed E-state index contributed by atoms with van der Waals surface area (Å²) in [5.74, 6) is 5.50. The minimum Gasteiger partial charge on any atom is -0.481 e. The van der Waals surface area contributed by atoms with Crippen molar-refractivity contribution in [3.8, 4) is 11.8 Å². The average molecular weight is 351 g/mol. The Hall–Kier alpha value is -2.57. The van der Waals surface area contributed by atoms with Crippen molar-refractivity contribution in [2.24, 2.45) is 5.41 Å². The maximum Gasteiger partial charge on any atom is 0.300 e. The van der Waals surface area contributed by atoms with E-state index in [2.05, 4.69) is 93.1 Å². The molecule has 0 spiro atoms. The van der Waals surface area contributed by atoms with Crippen LogP contribution >= 0.6 is 0 Å². The number of allylic oxidation sites excluding steroid dienone is 1. The maximum absolute atomic E-state index is 9.00. The average Bonchev–Trinajstić information content (AvgIpc) is 2.53. The molecule has 0 fully saturated rings. The zero-order valence-corrected chi connectivity index (χ0v) is 16.4. The number of aliphatic carboxylic acids is 1. The van der Waals surface area contributed by atoms with Gasteiger partial charge in [-0.05, 0) is 50.2 Å². The first-order chi connectivity index (χ1) is 12.2. The lowest BCUT2D eigenvalue weighted by Gasteiger charge is -2.15. The third-order valence-electron chi connectivity index (χ3n) is 3.39. The molecule has 3 heteroatoms. The van der Waals surface area contributed by atoms with Gasteiger partial charge < -0.3 is 5.11 Å². The number of carbonyl (C=O) groups is 1. The predicted molar refractivity (Wildman–Crippen MR) is 110 cm³/mol. The van der Waals surface area contributed by atoms with Crippen LogP contribution in [-0.2, 0) is 11.3 Å². The van der Waals surface area contributed by atoms with Gasteiger partial charge in [0.2, 0.25) is 0 Å². The first kappa shape index (κ1) is 21.5. The standard InChI is InChI=1S/C21H25N.C2H4O2/c1-21(2,3)15-8-5-9-16-22(4)17-19-13-10-12-18-11-6-7-14-20(18)19;1-2(3)4/h5-7,9-14H,16-17H2,1-4H3;1H3,(H,3,4). The summed E-state index contributed by atoms with van der Waals surface area (Å²) in [6, 6.07) is 15.1. The number of likely N-dealkylation sites (N-methyl/N-ethyl adjacent to an activating group) is 1. The van der Waals surface area contributed by atoms with Crippen molar-refractivity contribution in [3.63, 3.8) is 0 Å². The highest BCUT2D eigenvalue weighted by Crippen LogP contribution is 2.19. The molecule has 0 heterocycles. The summed E-state index contributed by atoms with van der Waals surface area (Å²) < 4.78 is 0. The summed E-state index contributed by atoms with van der Waals surface area (Å²) in [7, 11) is 2.14. The van der Waals surface area contributed by atoms with Crippen LogP contribution in [-0.4, -0.2) is 29.6 Å². The number of nitrogens with zero attached hydrogens (tertiary/aromatic N) is 1. The molecule has 2 rings (SSSR count). The van der Waals surface area contributed by atoms with E-state index in [-0.39, 0.29) is 5.41 Å². The molecule has 0 saturated carbocycles. The van der Waals surface area contributed by atoms with Gasteiger partial charge in [0, 0.05) is 25.4 Å². The highest BCUT2D eigenvalue weighted by Gasteiger charge is 2.03. The van der Waals surface area contributed by atoms with Gasteiger partial charge >= 0.3 is 0 Å². The van der Waals surface area contributed by atoms with E-state index < -0.39 is 5.97 Å². The van der Waals surface area contributed by atoms with Crippen LogP contribution in [0.15, 0.2) is 54.6 Å². The Bertz CT molecular complexity index is 795. The number of fused-ring (bicyclic) bond motifs is 1. The van der Waals surface area contributed by atoms with Crippen LogP contribution in [0.25, 0.3) is 10.8 Å². The van der Waals surface area contributed by atoms with Gasteiger partial charge in [-0.3, -0.25) is 9.69 Å². The Kier molecular flexibility index (Phi) is 8.61. The SMILES string of the molecule is CC(=O)O.CN(CC=CC#CC(C)(C)C)Cc1cccc2ccccc12. The minimum absolute atomic E-state index is 0.0686. The highest BCUT2D eigenvalue weighted by atomic mass is 16.4. The molecule has 2 aromatic rings. The minimum atomic E-state index is -0.833. The first-order valence-electron chi connectivity index (χ1n) is 8.71. The van der Waals surface area contributed by atoms with Crippen molar-refractivity contribution in [1.82, 2.24) is 4.90 Å². The van der Waals surface area contributed by atoms with E-state index in [1.165, 1.54) is 16.3 Å². The van der Waals surface area contributed by atoms with E-state index in [9.17, 15) is 0 Å². The third-order valence-corrected chi connectivity index (χ3v) is 3.39. The molecule has 0 aliphatic heterocycles. The van der Waals surface area contributed by atoms with Crippen LogP contribution in [0.3, 0.4) is 0 Å². The molecule has 0 unspecified atom stereocenters. The van der Waals surface area contributed by atoms with Crippen LogP contribution < -0.4 is 0 Å². The Morgan fingerprint density at radius 3 is 2.42 bits per heavy atom. The largest absolute Gasteiger partial charge is 0.481 e. The molecule has 0 bridgehead atoms. The lowest BCUT2D eigenvalue weighted by molar-refractivity contribution is -0.134. The molecule has 138 valence electrons. The summed E-state index contributed by atoms with van der Waals surface area (Å²) in [6.45, 7) is 9.31. The van der Waals surface area contributed by atoms with Gasteiger partial charge in [-0.1, -0.05) is 60.4 Å². The number of rotatable bonds is 4. The van der Waals surface area contributed by atoms with Crippen molar-refractivity contribution < 1.29 is 9.90 Å². The summed E-state index contributed by atoms with van der Waals surface area (Å²) in [5.41, 5.74) is 1.44. The van der Waals surface area contributed by atoms with E-state index >= 15 is 0 Å². The maximum atomic E-state index is 9.00. The Morgan fingerprint density at radius 2 is 1.77 bits per heavy atom. The number of benzene rings is 2.